The summed E-state index contributed by atoms with van der Waals surface area (Å²) in [4.78, 5) is 40.7. The summed E-state index contributed by atoms with van der Waals surface area (Å²) in [5.41, 5.74) is 4.00. The minimum Gasteiger partial charge on any atom is -0.508 e. The van der Waals surface area contributed by atoms with Gasteiger partial charge >= 0.3 is 0 Å². The van der Waals surface area contributed by atoms with E-state index in [2.05, 4.69) is 6.08 Å². The zero-order valence-electron chi connectivity index (χ0n) is 21.7. The quantitative estimate of drug-likeness (QED) is 0.355. The molecule has 4 aliphatic carbocycles. The van der Waals surface area contributed by atoms with Gasteiger partial charge in [-0.1, -0.05) is 23.7 Å². The van der Waals surface area contributed by atoms with Crippen LogP contribution in [0.1, 0.15) is 48.8 Å². The van der Waals surface area contributed by atoms with Crippen molar-refractivity contribution >= 4 is 40.9 Å². The number of carbonyl (C=O) groups is 3. The van der Waals surface area contributed by atoms with Crippen LogP contribution in [0.2, 0.25) is 0 Å². The Kier molecular flexibility index (Phi) is 6.73. The van der Waals surface area contributed by atoms with Crippen molar-refractivity contribution in [2.24, 2.45) is 17.6 Å². The molecule has 5 rings (SSSR count). The first-order valence-electron chi connectivity index (χ1n) is 13.0. The van der Waals surface area contributed by atoms with E-state index in [1.165, 1.54) is 11.0 Å². The first-order valence-corrected chi connectivity index (χ1v) is 13.3. The van der Waals surface area contributed by atoms with Crippen molar-refractivity contribution in [3.05, 3.63) is 62.4 Å². The summed E-state index contributed by atoms with van der Waals surface area (Å²) < 4.78 is 0. The summed E-state index contributed by atoms with van der Waals surface area (Å²) in [7, 11) is 3.13. The summed E-state index contributed by atoms with van der Waals surface area (Å²) in [6.07, 6.45) is 8.07. The van der Waals surface area contributed by atoms with Gasteiger partial charge < -0.3 is 26.2 Å². The third-order valence-electron chi connectivity index (χ3n) is 8.52. The lowest BCUT2D eigenvalue weighted by atomic mass is 9.57. The number of aliphatic hydroxyl groups excluding tert-OH is 2. The number of nitrogens with two attached hydrogens (primary N) is 1. The molecule has 4 aliphatic rings. The molecule has 1 saturated carbocycles. The van der Waals surface area contributed by atoms with Crippen LogP contribution in [0.15, 0.2) is 45.7 Å². The first kappa shape index (κ1) is 27.2. The van der Waals surface area contributed by atoms with Crippen LogP contribution in [-0.2, 0) is 20.8 Å². The number of phenols is 1. The number of hydrogen-bond donors (Lipinski definition) is 5. The molecular formula is C29H31ClN2O7. The van der Waals surface area contributed by atoms with Crippen LogP contribution in [0.25, 0.3) is 11.8 Å². The number of aromatic hydroxyl groups is 1. The van der Waals surface area contributed by atoms with Crippen molar-refractivity contribution in [1.29, 1.82) is 0 Å². The van der Waals surface area contributed by atoms with Gasteiger partial charge in [-0.05, 0) is 87.4 Å². The largest absolute Gasteiger partial charge is 0.508 e. The van der Waals surface area contributed by atoms with Gasteiger partial charge in [-0.2, -0.15) is 0 Å². The molecule has 1 aromatic rings. The maximum Gasteiger partial charge on any atom is 0.255 e. The second kappa shape index (κ2) is 9.66. The molecule has 39 heavy (non-hydrogen) atoms. The van der Waals surface area contributed by atoms with Crippen LogP contribution < -0.4 is 5.73 Å². The zero-order chi connectivity index (χ0) is 28.4. The summed E-state index contributed by atoms with van der Waals surface area (Å²) >= 11 is 6.66. The molecule has 206 valence electrons. The van der Waals surface area contributed by atoms with Crippen LogP contribution in [0.5, 0.6) is 5.75 Å². The van der Waals surface area contributed by atoms with Crippen LogP contribution in [0.4, 0.5) is 0 Å². The lowest BCUT2D eigenvalue weighted by Crippen LogP contribution is -2.65. The summed E-state index contributed by atoms with van der Waals surface area (Å²) in [6.45, 7) is 0. The fourth-order valence-electron chi connectivity index (χ4n) is 6.69. The van der Waals surface area contributed by atoms with Crippen molar-refractivity contribution in [3.63, 3.8) is 0 Å². The number of halogens is 1. The van der Waals surface area contributed by atoms with Crippen molar-refractivity contribution in [2.45, 2.75) is 50.2 Å². The maximum absolute atomic E-state index is 13.9. The molecule has 1 aromatic carbocycles. The number of nitrogens with zero attached hydrogens (tertiary/aromatic N) is 1. The van der Waals surface area contributed by atoms with Crippen molar-refractivity contribution in [2.75, 3.05) is 14.1 Å². The zero-order valence-corrected chi connectivity index (χ0v) is 22.5. The minimum atomic E-state index is -2.66. The normalized spacial score (nSPS) is 29.2. The molecule has 0 radical (unpaired) electrons. The van der Waals surface area contributed by atoms with Crippen molar-refractivity contribution in [3.8, 4) is 5.75 Å². The van der Waals surface area contributed by atoms with Crippen molar-refractivity contribution < 1.29 is 34.8 Å². The van der Waals surface area contributed by atoms with Gasteiger partial charge in [0.05, 0.1) is 11.6 Å². The molecule has 0 aromatic heterocycles. The topological polar surface area (TPSA) is 161 Å². The Bertz CT molecular complexity index is 1440. The maximum atomic E-state index is 13.9. The van der Waals surface area contributed by atoms with E-state index in [9.17, 15) is 34.8 Å². The molecule has 9 nitrogen and oxygen atoms in total. The second-order valence-corrected chi connectivity index (χ2v) is 11.4. The molecule has 1 fully saturated rings. The highest BCUT2D eigenvalue weighted by Crippen LogP contribution is 2.53. The van der Waals surface area contributed by atoms with E-state index in [1.54, 1.807) is 26.2 Å². The smallest absolute Gasteiger partial charge is 0.255 e. The fourth-order valence-corrected chi connectivity index (χ4v) is 6.98. The Morgan fingerprint density at radius 3 is 2.51 bits per heavy atom. The third-order valence-corrected chi connectivity index (χ3v) is 8.87. The van der Waals surface area contributed by atoms with E-state index in [0.29, 0.717) is 16.2 Å². The molecule has 10 heteroatoms. The van der Waals surface area contributed by atoms with Gasteiger partial charge in [0.2, 0.25) is 5.78 Å². The first-order chi connectivity index (χ1) is 18.4. The van der Waals surface area contributed by atoms with E-state index >= 15 is 0 Å². The molecule has 0 saturated heterocycles. The van der Waals surface area contributed by atoms with Gasteiger partial charge in [0, 0.05) is 16.5 Å². The van der Waals surface area contributed by atoms with E-state index < -0.39 is 58.0 Å². The molecule has 0 aliphatic heterocycles. The molecule has 2 unspecified atom stereocenters. The number of hydrogen-bond acceptors (Lipinski definition) is 8. The Balaban J connectivity index is 1.68. The van der Waals surface area contributed by atoms with Gasteiger partial charge in [0.25, 0.3) is 5.91 Å². The lowest BCUT2D eigenvalue weighted by Gasteiger charge is -2.50. The fraction of sp³-hybridized carbons (Fsp3) is 0.414. The summed E-state index contributed by atoms with van der Waals surface area (Å²) in [5.74, 6) is -6.74. The van der Waals surface area contributed by atoms with Gasteiger partial charge in [-0.15, -0.1) is 0 Å². The molecule has 1 amide bonds. The predicted molar refractivity (Wildman–Crippen MR) is 145 cm³/mol. The van der Waals surface area contributed by atoms with Gasteiger partial charge in [-0.25, -0.2) is 0 Å². The Morgan fingerprint density at radius 2 is 1.90 bits per heavy atom. The predicted octanol–water partition coefficient (Wildman–Crippen LogP) is 3.04. The van der Waals surface area contributed by atoms with Gasteiger partial charge in [-0.3, -0.25) is 19.3 Å². The van der Waals surface area contributed by atoms with Crippen LogP contribution in [0, 0.1) is 11.8 Å². The number of Topliss-reactive ketones (excluding diaryl/α,β-unsaturated/α-hetero) is 2. The Labute approximate surface area is 230 Å². The van der Waals surface area contributed by atoms with Gasteiger partial charge in [0.1, 0.15) is 22.8 Å². The number of phenolic OH excluding ortho intramolecular Hbond substituents is 1. The molecule has 6 N–H and O–H groups in total. The number of aliphatic hydroxyl groups is 3. The summed E-state index contributed by atoms with van der Waals surface area (Å²) in [6, 6.07) is 1.97. The highest BCUT2D eigenvalue weighted by molar-refractivity contribution is 6.34. The highest BCUT2D eigenvalue weighted by Gasteiger charge is 2.64. The van der Waals surface area contributed by atoms with Crippen LogP contribution in [-0.4, -0.2) is 68.5 Å². The number of allylic oxidation sites excluding steroid dienone is 3. The molecule has 0 bridgehead atoms. The van der Waals surface area contributed by atoms with E-state index in [4.69, 9.17) is 17.3 Å². The number of likely N-dealkylation sites (N-methyl/N-ethyl adjacent to an activating group) is 1. The monoisotopic (exact) mass is 554 g/mol. The van der Waals surface area contributed by atoms with Crippen LogP contribution in [0.3, 0.4) is 0 Å². The number of primary amides is 1. The van der Waals surface area contributed by atoms with E-state index in [1.807, 2.05) is 0 Å². The SMILES string of the molecule is CN(C)[C@@H]1C(=O)C(C(N)=O)=C(O)[C@@]2(O)C(=O)C3=C(O)c4c(O)ccc(/C=C(\Cl)C5=CCCCC5)c4CC3CC12. The molecule has 0 spiro atoms. The van der Waals surface area contributed by atoms with E-state index in [0.717, 1.165) is 31.3 Å². The average Bonchev–Trinajstić information content (AvgIpc) is 2.88. The van der Waals surface area contributed by atoms with E-state index in [-0.39, 0.29) is 29.7 Å². The number of amides is 1. The number of rotatable bonds is 4. The number of benzene rings is 1. The Hall–Kier alpha value is -3.40. The van der Waals surface area contributed by atoms with Crippen LogP contribution >= 0.6 is 11.6 Å². The minimum absolute atomic E-state index is 0.0312. The average molecular weight is 555 g/mol. The second-order valence-electron chi connectivity index (χ2n) is 11.0. The third kappa shape index (κ3) is 4.02. The highest BCUT2D eigenvalue weighted by atomic mass is 35.5. The number of ketones is 2. The van der Waals surface area contributed by atoms with Crippen molar-refractivity contribution in [1.82, 2.24) is 4.90 Å². The number of carbonyl (C=O) groups excluding carboxylic acids is 3. The lowest BCUT2D eigenvalue weighted by molar-refractivity contribution is -0.153. The number of fused-ring (bicyclic) bond motifs is 3. The Morgan fingerprint density at radius 1 is 1.18 bits per heavy atom. The molecular weight excluding hydrogens is 524 g/mol. The molecule has 0 heterocycles. The van der Waals surface area contributed by atoms with Gasteiger partial charge in [0.15, 0.2) is 11.4 Å². The summed E-state index contributed by atoms with van der Waals surface area (Å²) in [5, 5.41) is 45.3. The molecule has 4 atom stereocenters. The standard InChI is InChI=1S/C29H31ClN2O7/c1-32(2)23-17-11-15-10-16-14(12-18(30)13-6-4-3-5-7-13)8-9-19(33)21(16)24(34)20(15)26(36)29(17,39)27(37)22(25(23)35)28(31)38/h6,8-9,12,15,17,23,33-34,37,39H,3-5,7,10-11H2,1-2H3,(H2,31,38)/b18-12-/t15?,17?,23-,29-/m0/s1.